The number of para-hydroxylation sites is 3. The lowest BCUT2D eigenvalue weighted by atomic mass is 10.0. The molecule has 7 aromatic carbocycles. The van der Waals surface area contributed by atoms with Gasteiger partial charge in [0, 0.05) is 38.4 Å². The summed E-state index contributed by atoms with van der Waals surface area (Å²) >= 11 is 0. The van der Waals surface area contributed by atoms with Crippen molar-refractivity contribution in [1.82, 2.24) is 14.5 Å². The number of furan rings is 1. The maximum absolute atomic E-state index is 6.60. The van der Waals surface area contributed by atoms with E-state index in [-0.39, 0.29) is 0 Å². The van der Waals surface area contributed by atoms with E-state index in [1.807, 2.05) is 24.3 Å². The number of fused-ring (bicyclic) bond motifs is 8. The standard InChI is InChI=1S/C44H27N3O/c1-3-11-28(12-4-1)29-19-21-30(22-20-29)42-35-16-7-9-17-37(35)45-44(46-42)31-23-25-38-36(27-31)41-39(47(38)32-13-5-2-6-14-32)26-24-34-33-15-8-10-18-40(33)48-43(34)41/h1-27H. The third-order valence-corrected chi connectivity index (χ3v) is 9.41. The van der Waals surface area contributed by atoms with Crippen LogP contribution in [0.25, 0.3) is 94.1 Å². The lowest BCUT2D eigenvalue weighted by molar-refractivity contribution is 0.673. The molecule has 0 unspecified atom stereocenters. The van der Waals surface area contributed by atoms with Gasteiger partial charge in [0.25, 0.3) is 0 Å². The van der Waals surface area contributed by atoms with Crippen molar-refractivity contribution in [1.29, 1.82) is 0 Å². The molecule has 0 saturated heterocycles. The highest BCUT2D eigenvalue weighted by molar-refractivity contribution is 6.24. The third-order valence-electron chi connectivity index (χ3n) is 9.41. The summed E-state index contributed by atoms with van der Waals surface area (Å²) in [4.78, 5) is 10.4. The second-order valence-corrected chi connectivity index (χ2v) is 12.2. The molecule has 0 fully saturated rings. The van der Waals surface area contributed by atoms with Crippen molar-refractivity contribution >= 4 is 54.6 Å². The molecule has 10 aromatic rings. The Labute approximate surface area is 276 Å². The molecule has 4 heteroatoms. The van der Waals surface area contributed by atoms with Crippen molar-refractivity contribution < 1.29 is 4.42 Å². The van der Waals surface area contributed by atoms with Gasteiger partial charge in [0.1, 0.15) is 11.2 Å². The minimum absolute atomic E-state index is 0.690. The van der Waals surface area contributed by atoms with Gasteiger partial charge in [-0.05, 0) is 65.7 Å². The smallest absolute Gasteiger partial charge is 0.160 e. The summed E-state index contributed by atoms with van der Waals surface area (Å²) in [6.07, 6.45) is 0. The predicted molar refractivity (Wildman–Crippen MR) is 197 cm³/mol. The molecule has 0 atom stereocenters. The van der Waals surface area contributed by atoms with Crippen molar-refractivity contribution in [3.8, 4) is 39.5 Å². The number of rotatable bonds is 4. The SMILES string of the molecule is c1ccc(-c2ccc(-c3nc(-c4ccc5c(c4)c4c6oc7ccccc7c6ccc4n5-c4ccccc4)nc4ccccc34)cc2)cc1. The highest BCUT2D eigenvalue weighted by Crippen LogP contribution is 2.42. The normalized spacial score (nSPS) is 11.8. The molecule has 0 N–H and O–H groups in total. The van der Waals surface area contributed by atoms with Gasteiger partial charge < -0.3 is 8.98 Å². The third kappa shape index (κ3) is 4.10. The Balaban J connectivity index is 1.21. The summed E-state index contributed by atoms with van der Waals surface area (Å²) in [7, 11) is 0. The van der Waals surface area contributed by atoms with Crippen LogP contribution < -0.4 is 0 Å². The largest absolute Gasteiger partial charge is 0.455 e. The molecule has 0 aliphatic carbocycles. The summed E-state index contributed by atoms with van der Waals surface area (Å²) in [6, 6.07) is 57.1. The molecule has 0 bridgehead atoms. The zero-order chi connectivity index (χ0) is 31.6. The van der Waals surface area contributed by atoms with Gasteiger partial charge in [-0.3, -0.25) is 0 Å². The van der Waals surface area contributed by atoms with Crippen molar-refractivity contribution in [2.75, 3.05) is 0 Å². The van der Waals surface area contributed by atoms with E-state index < -0.39 is 0 Å². The van der Waals surface area contributed by atoms with Gasteiger partial charge in [-0.25, -0.2) is 9.97 Å². The molecule has 0 aliphatic heterocycles. The molecule has 224 valence electrons. The second kappa shape index (κ2) is 10.5. The Morgan fingerprint density at radius 1 is 0.438 bits per heavy atom. The van der Waals surface area contributed by atoms with E-state index in [1.54, 1.807) is 0 Å². The fourth-order valence-electron chi connectivity index (χ4n) is 7.16. The number of hydrogen-bond acceptors (Lipinski definition) is 3. The summed E-state index contributed by atoms with van der Waals surface area (Å²) in [6.45, 7) is 0. The van der Waals surface area contributed by atoms with Crippen LogP contribution in [0.15, 0.2) is 168 Å². The van der Waals surface area contributed by atoms with E-state index in [0.717, 1.165) is 77.2 Å². The summed E-state index contributed by atoms with van der Waals surface area (Å²) in [5.74, 6) is 0.690. The fraction of sp³-hybridized carbons (Fsp3) is 0. The minimum Gasteiger partial charge on any atom is -0.455 e. The van der Waals surface area contributed by atoms with Gasteiger partial charge >= 0.3 is 0 Å². The zero-order valence-corrected chi connectivity index (χ0v) is 25.8. The van der Waals surface area contributed by atoms with Crippen LogP contribution in [-0.2, 0) is 0 Å². The van der Waals surface area contributed by atoms with E-state index in [2.05, 4.69) is 144 Å². The molecule has 0 amide bonds. The highest BCUT2D eigenvalue weighted by atomic mass is 16.3. The summed E-state index contributed by atoms with van der Waals surface area (Å²) < 4.78 is 8.92. The number of nitrogens with zero attached hydrogens (tertiary/aromatic N) is 3. The molecule has 0 radical (unpaired) electrons. The van der Waals surface area contributed by atoms with Crippen LogP contribution in [0.3, 0.4) is 0 Å². The van der Waals surface area contributed by atoms with Crippen LogP contribution in [0.2, 0.25) is 0 Å². The highest BCUT2D eigenvalue weighted by Gasteiger charge is 2.20. The van der Waals surface area contributed by atoms with E-state index in [1.165, 1.54) is 11.1 Å². The number of hydrogen-bond donors (Lipinski definition) is 0. The van der Waals surface area contributed by atoms with Crippen molar-refractivity contribution in [2.45, 2.75) is 0 Å². The quantitative estimate of drug-likeness (QED) is 0.198. The number of benzene rings is 7. The second-order valence-electron chi connectivity index (χ2n) is 12.2. The molecule has 0 aliphatic rings. The van der Waals surface area contributed by atoms with E-state index in [9.17, 15) is 0 Å². The Morgan fingerprint density at radius 3 is 1.92 bits per heavy atom. The first-order chi connectivity index (χ1) is 23.8. The first-order valence-corrected chi connectivity index (χ1v) is 16.2. The molecular weight excluding hydrogens is 587 g/mol. The molecule has 3 aromatic heterocycles. The van der Waals surface area contributed by atoms with E-state index in [0.29, 0.717) is 5.82 Å². The molecule has 4 nitrogen and oxygen atoms in total. The molecule has 3 heterocycles. The van der Waals surface area contributed by atoms with Gasteiger partial charge in [-0.15, -0.1) is 0 Å². The van der Waals surface area contributed by atoms with Crippen LogP contribution in [0.5, 0.6) is 0 Å². The molecule has 10 rings (SSSR count). The Kier molecular flexibility index (Phi) is 5.84. The Bertz CT molecular complexity index is 2810. The van der Waals surface area contributed by atoms with Crippen LogP contribution in [0, 0.1) is 0 Å². The van der Waals surface area contributed by atoms with Gasteiger partial charge in [0.15, 0.2) is 5.82 Å². The van der Waals surface area contributed by atoms with Gasteiger partial charge in [-0.2, -0.15) is 0 Å². The number of aromatic nitrogens is 3. The average Bonchev–Trinajstić information content (AvgIpc) is 3.70. The lowest BCUT2D eigenvalue weighted by Crippen LogP contribution is -1.96. The van der Waals surface area contributed by atoms with E-state index in [4.69, 9.17) is 14.4 Å². The first-order valence-electron chi connectivity index (χ1n) is 16.2. The summed E-state index contributed by atoms with van der Waals surface area (Å²) in [5, 5.41) is 5.44. The van der Waals surface area contributed by atoms with Gasteiger partial charge in [-0.1, -0.05) is 109 Å². The Morgan fingerprint density at radius 2 is 1.08 bits per heavy atom. The van der Waals surface area contributed by atoms with Crippen LogP contribution >= 0.6 is 0 Å². The van der Waals surface area contributed by atoms with Gasteiger partial charge in [0.05, 0.1) is 27.6 Å². The Hall–Kier alpha value is -6.52. The molecule has 0 saturated carbocycles. The molecule has 48 heavy (non-hydrogen) atoms. The van der Waals surface area contributed by atoms with Crippen molar-refractivity contribution in [3.05, 3.63) is 164 Å². The molecular formula is C44H27N3O. The topological polar surface area (TPSA) is 43.9 Å². The lowest BCUT2D eigenvalue weighted by Gasteiger charge is -2.11. The minimum atomic E-state index is 0.690. The van der Waals surface area contributed by atoms with Gasteiger partial charge in [0.2, 0.25) is 0 Å². The average molecular weight is 614 g/mol. The predicted octanol–water partition coefficient (Wildman–Crippen LogP) is 11.6. The maximum atomic E-state index is 6.60. The monoisotopic (exact) mass is 613 g/mol. The zero-order valence-electron chi connectivity index (χ0n) is 25.8. The van der Waals surface area contributed by atoms with Crippen LogP contribution in [0.4, 0.5) is 0 Å². The maximum Gasteiger partial charge on any atom is 0.160 e. The first kappa shape index (κ1) is 26.7. The molecule has 0 spiro atoms. The van der Waals surface area contributed by atoms with Crippen LogP contribution in [0.1, 0.15) is 0 Å². The fourth-order valence-corrected chi connectivity index (χ4v) is 7.16. The van der Waals surface area contributed by atoms with Crippen LogP contribution in [-0.4, -0.2) is 14.5 Å². The van der Waals surface area contributed by atoms with E-state index >= 15 is 0 Å². The summed E-state index contributed by atoms with van der Waals surface area (Å²) in [5.41, 5.74) is 11.3. The van der Waals surface area contributed by atoms with Crippen molar-refractivity contribution in [2.24, 2.45) is 0 Å². The van der Waals surface area contributed by atoms with Crippen molar-refractivity contribution in [3.63, 3.8) is 0 Å².